The summed E-state index contributed by atoms with van der Waals surface area (Å²) in [6.07, 6.45) is 7.88. The molecule has 1 N–H and O–H groups in total. The third-order valence-corrected chi connectivity index (χ3v) is 6.60. The fourth-order valence-corrected chi connectivity index (χ4v) is 4.57. The Hall–Kier alpha value is -2.83. The van der Waals surface area contributed by atoms with Crippen LogP contribution in [0.4, 0.5) is 0 Å². The van der Waals surface area contributed by atoms with E-state index in [2.05, 4.69) is 24.3 Å². The summed E-state index contributed by atoms with van der Waals surface area (Å²) in [6, 6.07) is 9.59. The van der Waals surface area contributed by atoms with Crippen LogP contribution >= 0.6 is 0 Å². The molecule has 1 heterocycles. The molecule has 0 bridgehead atoms. The van der Waals surface area contributed by atoms with E-state index in [1.54, 1.807) is 13.2 Å². The van der Waals surface area contributed by atoms with Crippen molar-refractivity contribution in [2.24, 2.45) is 5.92 Å². The van der Waals surface area contributed by atoms with Crippen molar-refractivity contribution in [3.8, 4) is 5.75 Å². The van der Waals surface area contributed by atoms with Crippen LogP contribution in [0.15, 0.2) is 34.9 Å². The maximum absolute atomic E-state index is 13.3. The van der Waals surface area contributed by atoms with Gasteiger partial charge in [0, 0.05) is 24.6 Å². The minimum Gasteiger partial charge on any atom is -0.497 e. The third kappa shape index (κ3) is 6.83. The predicted octanol–water partition coefficient (Wildman–Crippen LogP) is 4.75. The molecule has 1 aliphatic carbocycles. The van der Waals surface area contributed by atoms with E-state index in [1.165, 1.54) is 6.42 Å². The number of aromatic nitrogens is 1. The molecule has 2 amide bonds. The number of ether oxygens (including phenoxy) is 1. The highest BCUT2D eigenvalue weighted by atomic mass is 16.5. The number of carbonyl (C=O) groups excluding carboxylic acids is 2. The van der Waals surface area contributed by atoms with E-state index >= 15 is 0 Å². The summed E-state index contributed by atoms with van der Waals surface area (Å²) in [7, 11) is 1.64. The summed E-state index contributed by atoms with van der Waals surface area (Å²) >= 11 is 0. The molecule has 1 aromatic carbocycles. The highest BCUT2D eigenvalue weighted by molar-refractivity contribution is 5.92. The number of nitrogens with zero attached hydrogens (tertiary/aromatic N) is 2. The number of carbonyl (C=O) groups is 2. The van der Waals surface area contributed by atoms with Crippen molar-refractivity contribution in [3.63, 3.8) is 0 Å². The average molecular weight is 456 g/mol. The van der Waals surface area contributed by atoms with Gasteiger partial charge >= 0.3 is 0 Å². The lowest BCUT2D eigenvalue weighted by Gasteiger charge is -2.34. The second-order valence-electron chi connectivity index (χ2n) is 8.80. The number of benzene rings is 1. The van der Waals surface area contributed by atoms with E-state index in [0.717, 1.165) is 49.8 Å². The van der Waals surface area contributed by atoms with Gasteiger partial charge in [-0.2, -0.15) is 0 Å². The van der Waals surface area contributed by atoms with Gasteiger partial charge in [-0.25, -0.2) is 0 Å². The van der Waals surface area contributed by atoms with Crippen LogP contribution in [0.2, 0.25) is 0 Å². The van der Waals surface area contributed by atoms with Crippen LogP contribution in [-0.4, -0.2) is 41.6 Å². The Balaban J connectivity index is 1.57. The lowest BCUT2D eigenvalue weighted by atomic mass is 9.87. The maximum Gasteiger partial charge on any atom is 0.273 e. The SMILES string of the molecule is CCC(CC)N(Cc1cc(C(=O)NCCc2ccc(OC)cc2)no1)C(=O)C1CCCCC1. The first-order chi connectivity index (χ1) is 16.0. The molecule has 0 radical (unpaired) electrons. The van der Waals surface area contributed by atoms with E-state index in [0.29, 0.717) is 25.3 Å². The lowest BCUT2D eigenvalue weighted by molar-refractivity contribution is -0.140. The normalized spacial score (nSPS) is 14.3. The summed E-state index contributed by atoms with van der Waals surface area (Å²) < 4.78 is 10.6. The third-order valence-electron chi connectivity index (χ3n) is 6.60. The smallest absolute Gasteiger partial charge is 0.273 e. The number of hydrogen-bond donors (Lipinski definition) is 1. The second-order valence-corrected chi connectivity index (χ2v) is 8.80. The zero-order valence-electron chi connectivity index (χ0n) is 20.1. The number of rotatable bonds is 11. The Kier molecular flexibility index (Phi) is 9.34. The molecule has 1 aromatic heterocycles. The van der Waals surface area contributed by atoms with Crippen LogP contribution in [0, 0.1) is 5.92 Å². The molecule has 7 nitrogen and oxygen atoms in total. The molecule has 0 unspecified atom stereocenters. The summed E-state index contributed by atoms with van der Waals surface area (Å²) in [6.45, 7) is 5.07. The summed E-state index contributed by atoms with van der Waals surface area (Å²) in [5.74, 6) is 1.40. The van der Waals surface area contributed by atoms with Crippen molar-refractivity contribution in [1.82, 2.24) is 15.4 Å². The van der Waals surface area contributed by atoms with Crippen LogP contribution in [-0.2, 0) is 17.8 Å². The molecule has 0 atom stereocenters. The van der Waals surface area contributed by atoms with Crippen LogP contribution in [0.1, 0.15) is 80.6 Å². The molecule has 0 saturated heterocycles. The van der Waals surface area contributed by atoms with Gasteiger partial charge in [0.25, 0.3) is 5.91 Å². The Morgan fingerprint density at radius 3 is 2.48 bits per heavy atom. The van der Waals surface area contributed by atoms with Crippen molar-refractivity contribution in [1.29, 1.82) is 0 Å². The highest BCUT2D eigenvalue weighted by Gasteiger charge is 2.30. The fraction of sp³-hybridized carbons (Fsp3) is 0.577. The van der Waals surface area contributed by atoms with Gasteiger partial charge in [0.2, 0.25) is 5.91 Å². The Morgan fingerprint density at radius 2 is 1.85 bits per heavy atom. The van der Waals surface area contributed by atoms with Gasteiger partial charge in [0.15, 0.2) is 11.5 Å². The van der Waals surface area contributed by atoms with Gasteiger partial charge in [0.1, 0.15) is 5.75 Å². The molecule has 180 valence electrons. The standard InChI is InChI=1S/C26H37N3O4/c1-4-21(5-2)29(26(31)20-9-7-6-8-10-20)18-23-17-24(28-33-23)25(30)27-16-15-19-11-13-22(32-3)14-12-19/h11-14,17,20-21H,4-10,15-16,18H2,1-3H3,(H,27,30). The van der Waals surface area contributed by atoms with Crippen LogP contribution in [0.25, 0.3) is 0 Å². The fourth-order valence-electron chi connectivity index (χ4n) is 4.57. The molecular formula is C26H37N3O4. The van der Waals surface area contributed by atoms with Crippen LogP contribution in [0.5, 0.6) is 5.75 Å². The molecule has 1 aliphatic rings. The molecule has 33 heavy (non-hydrogen) atoms. The molecule has 1 fully saturated rings. The zero-order valence-corrected chi connectivity index (χ0v) is 20.1. The van der Waals surface area contributed by atoms with E-state index in [9.17, 15) is 9.59 Å². The predicted molar refractivity (Wildman–Crippen MR) is 127 cm³/mol. The second kappa shape index (κ2) is 12.4. The van der Waals surface area contributed by atoms with Crippen molar-refractivity contribution in [2.75, 3.05) is 13.7 Å². The zero-order chi connectivity index (χ0) is 23.6. The minimum atomic E-state index is -0.272. The van der Waals surface area contributed by atoms with Gasteiger partial charge in [0.05, 0.1) is 13.7 Å². The number of nitrogens with one attached hydrogen (secondary N) is 1. The van der Waals surface area contributed by atoms with Crippen molar-refractivity contribution in [3.05, 3.63) is 47.3 Å². The van der Waals surface area contributed by atoms with Gasteiger partial charge < -0.3 is 19.5 Å². The first-order valence-corrected chi connectivity index (χ1v) is 12.2. The molecule has 1 saturated carbocycles. The highest BCUT2D eigenvalue weighted by Crippen LogP contribution is 2.28. The monoisotopic (exact) mass is 455 g/mol. The molecule has 7 heteroatoms. The number of amides is 2. The average Bonchev–Trinajstić information content (AvgIpc) is 3.33. The molecule has 0 spiro atoms. The first-order valence-electron chi connectivity index (χ1n) is 12.2. The molecular weight excluding hydrogens is 418 g/mol. The quantitative estimate of drug-likeness (QED) is 0.528. The minimum absolute atomic E-state index is 0.1000. The summed E-state index contributed by atoms with van der Waals surface area (Å²) in [5.41, 5.74) is 1.35. The van der Waals surface area contributed by atoms with Gasteiger partial charge in [-0.05, 0) is 49.8 Å². The molecule has 0 aliphatic heterocycles. The van der Waals surface area contributed by atoms with E-state index in [1.807, 2.05) is 29.2 Å². The van der Waals surface area contributed by atoms with Gasteiger partial charge in [-0.15, -0.1) is 0 Å². The van der Waals surface area contributed by atoms with Crippen LogP contribution in [0.3, 0.4) is 0 Å². The van der Waals surface area contributed by atoms with Crippen LogP contribution < -0.4 is 10.1 Å². The Morgan fingerprint density at radius 1 is 1.15 bits per heavy atom. The van der Waals surface area contributed by atoms with Crippen molar-refractivity contribution in [2.45, 2.75) is 77.8 Å². The first kappa shape index (κ1) is 24.8. The van der Waals surface area contributed by atoms with Gasteiger partial charge in [-0.3, -0.25) is 9.59 Å². The van der Waals surface area contributed by atoms with E-state index < -0.39 is 0 Å². The van der Waals surface area contributed by atoms with Crippen molar-refractivity contribution < 1.29 is 18.8 Å². The summed E-state index contributed by atoms with van der Waals surface area (Å²) in [4.78, 5) is 27.8. The maximum atomic E-state index is 13.3. The Labute approximate surface area is 196 Å². The molecule has 3 rings (SSSR count). The van der Waals surface area contributed by atoms with Crippen molar-refractivity contribution >= 4 is 11.8 Å². The molecule has 2 aromatic rings. The Bertz CT molecular complexity index is 883. The number of methoxy groups -OCH3 is 1. The largest absolute Gasteiger partial charge is 0.497 e. The summed E-state index contributed by atoms with van der Waals surface area (Å²) in [5, 5.41) is 6.85. The number of hydrogen-bond acceptors (Lipinski definition) is 5. The lowest BCUT2D eigenvalue weighted by Crippen LogP contribution is -2.43. The van der Waals surface area contributed by atoms with E-state index in [-0.39, 0.29) is 29.5 Å². The van der Waals surface area contributed by atoms with E-state index in [4.69, 9.17) is 9.26 Å². The van der Waals surface area contributed by atoms with Gasteiger partial charge in [-0.1, -0.05) is 50.4 Å². The topological polar surface area (TPSA) is 84.7 Å².